The number of hydrogen-bond donors (Lipinski definition) is 1. The van der Waals surface area contributed by atoms with E-state index in [1.165, 1.54) is 12.2 Å². The number of rotatable bonds is 10. The molecule has 27 heavy (non-hydrogen) atoms. The summed E-state index contributed by atoms with van der Waals surface area (Å²) in [6.45, 7) is 8.55. The maximum absolute atomic E-state index is 13.8. The van der Waals surface area contributed by atoms with E-state index in [0.29, 0.717) is 13.0 Å². The first kappa shape index (κ1) is 21.7. The Balaban J connectivity index is 1.88. The average molecular weight is 380 g/mol. The molecule has 0 fully saturated rings. The number of benzene rings is 1. The van der Waals surface area contributed by atoms with Crippen LogP contribution >= 0.6 is 0 Å². The summed E-state index contributed by atoms with van der Waals surface area (Å²) in [6, 6.07) is 9.62. The number of alkyl halides is 3. The van der Waals surface area contributed by atoms with Crippen LogP contribution in [0.3, 0.4) is 0 Å². The molecule has 150 valence electrons. The van der Waals surface area contributed by atoms with Crippen LogP contribution in [0.2, 0.25) is 0 Å². The molecule has 1 aromatic rings. The highest BCUT2D eigenvalue weighted by molar-refractivity contribution is 5.35. The summed E-state index contributed by atoms with van der Waals surface area (Å²) in [7, 11) is 0. The standard InChI is InChI=1S/C22H31F3N2/c1-3-27(4-2)18-17-26-16-8-13-21(22(23,24)25)14-11-20(12-15-21)19-9-6-5-7-10-19/h5-7,9-12,14-15,20,26H,3-4,8,13,16-18H2,1-2H3. The Morgan fingerprint density at radius 1 is 1.00 bits per heavy atom. The van der Waals surface area contributed by atoms with Crippen LogP contribution in [0.5, 0.6) is 0 Å². The van der Waals surface area contributed by atoms with Crippen molar-refractivity contribution < 1.29 is 13.2 Å². The smallest absolute Gasteiger partial charge is 0.315 e. The summed E-state index contributed by atoms with van der Waals surface area (Å²) in [5.41, 5.74) is -0.836. The predicted octanol–water partition coefficient (Wildman–Crippen LogP) is 5.16. The maximum Gasteiger partial charge on any atom is 0.401 e. The van der Waals surface area contributed by atoms with Crippen LogP contribution in [0.4, 0.5) is 13.2 Å². The Kier molecular flexibility index (Phi) is 8.11. The van der Waals surface area contributed by atoms with Gasteiger partial charge in [-0.15, -0.1) is 0 Å². The maximum atomic E-state index is 13.8. The highest BCUT2D eigenvalue weighted by Gasteiger charge is 2.51. The van der Waals surface area contributed by atoms with E-state index in [2.05, 4.69) is 24.1 Å². The van der Waals surface area contributed by atoms with E-state index >= 15 is 0 Å². The molecule has 0 amide bonds. The van der Waals surface area contributed by atoms with Crippen LogP contribution in [-0.4, -0.2) is 43.8 Å². The van der Waals surface area contributed by atoms with E-state index in [1.54, 1.807) is 12.2 Å². The van der Waals surface area contributed by atoms with Gasteiger partial charge in [-0.3, -0.25) is 0 Å². The van der Waals surface area contributed by atoms with Crippen LogP contribution in [-0.2, 0) is 0 Å². The lowest BCUT2D eigenvalue weighted by Crippen LogP contribution is -2.37. The summed E-state index contributed by atoms with van der Waals surface area (Å²) >= 11 is 0. The minimum Gasteiger partial charge on any atom is -0.315 e. The van der Waals surface area contributed by atoms with Crippen molar-refractivity contribution in [1.82, 2.24) is 10.2 Å². The number of hydrogen-bond acceptors (Lipinski definition) is 2. The summed E-state index contributed by atoms with van der Waals surface area (Å²) in [6.07, 6.45) is 2.39. The van der Waals surface area contributed by atoms with Crippen molar-refractivity contribution in [2.45, 2.75) is 38.8 Å². The third-order valence-corrected chi connectivity index (χ3v) is 5.36. The number of allylic oxidation sites excluding steroid dienone is 4. The molecular formula is C22H31F3N2. The lowest BCUT2D eigenvalue weighted by atomic mass is 9.76. The van der Waals surface area contributed by atoms with Crippen molar-refractivity contribution in [3.63, 3.8) is 0 Å². The van der Waals surface area contributed by atoms with Gasteiger partial charge in [0, 0.05) is 19.0 Å². The Bertz CT molecular complexity index is 590. The molecule has 0 unspecified atom stereocenters. The van der Waals surface area contributed by atoms with E-state index in [9.17, 15) is 13.2 Å². The molecule has 0 atom stereocenters. The molecule has 0 spiro atoms. The average Bonchev–Trinajstić information content (AvgIpc) is 2.68. The van der Waals surface area contributed by atoms with E-state index in [-0.39, 0.29) is 12.3 Å². The zero-order valence-electron chi connectivity index (χ0n) is 16.3. The molecule has 1 N–H and O–H groups in total. The van der Waals surface area contributed by atoms with Gasteiger partial charge in [-0.2, -0.15) is 13.2 Å². The third-order valence-electron chi connectivity index (χ3n) is 5.36. The molecule has 2 rings (SSSR count). The van der Waals surface area contributed by atoms with Gasteiger partial charge < -0.3 is 10.2 Å². The number of nitrogens with one attached hydrogen (secondary N) is 1. The van der Waals surface area contributed by atoms with Crippen LogP contribution in [0, 0.1) is 5.41 Å². The largest absolute Gasteiger partial charge is 0.401 e. The highest BCUT2D eigenvalue weighted by Crippen LogP contribution is 2.47. The molecule has 0 saturated carbocycles. The molecule has 1 aliphatic carbocycles. The Hall–Kier alpha value is -1.59. The van der Waals surface area contributed by atoms with Crippen molar-refractivity contribution in [1.29, 1.82) is 0 Å². The van der Waals surface area contributed by atoms with Crippen molar-refractivity contribution in [3.8, 4) is 0 Å². The van der Waals surface area contributed by atoms with Crippen LogP contribution in [0.25, 0.3) is 0 Å². The van der Waals surface area contributed by atoms with Gasteiger partial charge in [0.1, 0.15) is 5.41 Å². The van der Waals surface area contributed by atoms with E-state index < -0.39 is 11.6 Å². The minimum atomic E-state index is -4.27. The molecular weight excluding hydrogens is 349 g/mol. The topological polar surface area (TPSA) is 15.3 Å². The molecule has 2 nitrogen and oxygen atoms in total. The normalized spacial score (nSPS) is 22.5. The SMILES string of the molecule is CCN(CC)CCNCCCC1(C(F)(F)F)C=CC(c2ccccc2)C=C1. The second-order valence-electron chi connectivity index (χ2n) is 7.07. The second kappa shape index (κ2) is 10.1. The number of likely N-dealkylation sites (N-methyl/N-ethyl adjacent to an activating group) is 1. The Morgan fingerprint density at radius 3 is 2.19 bits per heavy atom. The summed E-state index contributed by atoms with van der Waals surface area (Å²) in [5, 5.41) is 3.27. The Morgan fingerprint density at radius 2 is 1.63 bits per heavy atom. The van der Waals surface area contributed by atoms with Gasteiger partial charge in [-0.25, -0.2) is 0 Å². The number of nitrogens with zero attached hydrogens (tertiary/aromatic N) is 1. The first-order valence-corrected chi connectivity index (χ1v) is 9.85. The van der Waals surface area contributed by atoms with Gasteiger partial charge >= 0.3 is 6.18 Å². The molecule has 1 aromatic carbocycles. The molecule has 0 aliphatic heterocycles. The van der Waals surface area contributed by atoms with Gasteiger partial charge in [0.25, 0.3) is 0 Å². The van der Waals surface area contributed by atoms with Crippen LogP contribution in [0.15, 0.2) is 54.6 Å². The van der Waals surface area contributed by atoms with Gasteiger partial charge in [-0.1, -0.05) is 68.5 Å². The van der Waals surface area contributed by atoms with Gasteiger partial charge in [0.2, 0.25) is 0 Å². The molecule has 1 aliphatic rings. The fourth-order valence-electron chi connectivity index (χ4n) is 3.47. The molecule has 0 saturated heterocycles. The van der Waals surface area contributed by atoms with Gasteiger partial charge in [0.05, 0.1) is 0 Å². The molecule has 0 radical (unpaired) electrons. The van der Waals surface area contributed by atoms with E-state index in [0.717, 1.165) is 31.7 Å². The number of halogens is 3. The van der Waals surface area contributed by atoms with E-state index in [1.807, 2.05) is 30.3 Å². The van der Waals surface area contributed by atoms with Crippen LogP contribution in [0.1, 0.15) is 38.2 Å². The second-order valence-corrected chi connectivity index (χ2v) is 7.07. The molecule has 0 heterocycles. The molecule has 0 bridgehead atoms. The highest BCUT2D eigenvalue weighted by atomic mass is 19.4. The fourth-order valence-corrected chi connectivity index (χ4v) is 3.47. The predicted molar refractivity (Wildman–Crippen MR) is 106 cm³/mol. The zero-order valence-corrected chi connectivity index (χ0v) is 16.3. The monoisotopic (exact) mass is 380 g/mol. The molecule has 5 heteroatoms. The lowest BCUT2D eigenvalue weighted by Gasteiger charge is -2.33. The summed E-state index contributed by atoms with van der Waals surface area (Å²) < 4.78 is 41.3. The quantitative estimate of drug-likeness (QED) is 0.446. The summed E-state index contributed by atoms with van der Waals surface area (Å²) in [4.78, 5) is 2.29. The van der Waals surface area contributed by atoms with E-state index in [4.69, 9.17) is 0 Å². The Labute approximate surface area is 161 Å². The third kappa shape index (κ3) is 5.94. The van der Waals surface area contributed by atoms with Crippen molar-refractivity contribution in [2.75, 3.05) is 32.7 Å². The fraction of sp³-hybridized carbons (Fsp3) is 0.545. The lowest BCUT2D eigenvalue weighted by molar-refractivity contribution is -0.191. The van der Waals surface area contributed by atoms with Crippen LogP contribution < -0.4 is 5.32 Å². The van der Waals surface area contributed by atoms with Crippen molar-refractivity contribution in [3.05, 3.63) is 60.2 Å². The minimum absolute atomic E-state index is 0.0727. The molecule has 0 aromatic heterocycles. The summed E-state index contributed by atoms with van der Waals surface area (Å²) in [5.74, 6) is -0.0890. The zero-order chi connectivity index (χ0) is 19.8. The van der Waals surface area contributed by atoms with Gasteiger partial charge in [0.15, 0.2) is 0 Å². The first-order chi connectivity index (χ1) is 12.9. The van der Waals surface area contributed by atoms with Crippen molar-refractivity contribution in [2.24, 2.45) is 5.41 Å². The first-order valence-electron chi connectivity index (χ1n) is 9.85. The van der Waals surface area contributed by atoms with Crippen molar-refractivity contribution >= 4 is 0 Å². The van der Waals surface area contributed by atoms with Gasteiger partial charge in [-0.05, 0) is 38.0 Å².